The number of amides is 2. The summed E-state index contributed by atoms with van der Waals surface area (Å²) in [5, 5.41) is 2.84. The van der Waals surface area contributed by atoms with E-state index in [2.05, 4.69) is 5.32 Å². The van der Waals surface area contributed by atoms with E-state index in [-0.39, 0.29) is 24.4 Å². The lowest BCUT2D eigenvalue weighted by atomic mass is 10.2. The standard InChI is InChI=1S/C20H24N2O3/c1-4-15(2)22(16(3)23)14-20(24)21-18-12-8-9-13-19(18)25-17-10-6-5-7-11-17/h5-13,15H,4,14H2,1-3H3,(H,21,24). The second-order valence-corrected chi connectivity index (χ2v) is 5.86. The first-order valence-corrected chi connectivity index (χ1v) is 8.40. The van der Waals surface area contributed by atoms with Crippen molar-refractivity contribution in [3.63, 3.8) is 0 Å². The highest BCUT2D eigenvalue weighted by molar-refractivity contribution is 5.95. The zero-order chi connectivity index (χ0) is 18.2. The van der Waals surface area contributed by atoms with Crippen molar-refractivity contribution in [2.75, 3.05) is 11.9 Å². The van der Waals surface area contributed by atoms with Gasteiger partial charge in [0, 0.05) is 13.0 Å². The summed E-state index contributed by atoms with van der Waals surface area (Å²) in [6, 6.07) is 16.6. The largest absolute Gasteiger partial charge is 0.455 e. The molecule has 132 valence electrons. The first-order chi connectivity index (χ1) is 12.0. The highest BCUT2D eigenvalue weighted by atomic mass is 16.5. The Morgan fingerprint density at radius 1 is 1.08 bits per heavy atom. The van der Waals surface area contributed by atoms with Crippen molar-refractivity contribution in [2.24, 2.45) is 0 Å². The molecule has 0 spiro atoms. The van der Waals surface area contributed by atoms with Gasteiger partial charge in [-0.3, -0.25) is 9.59 Å². The summed E-state index contributed by atoms with van der Waals surface area (Å²) in [4.78, 5) is 25.7. The van der Waals surface area contributed by atoms with Crippen molar-refractivity contribution in [1.29, 1.82) is 0 Å². The quantitative estimate of drug-likeness (QED) is 0.827. The molecule has 0 heterocycles. The molecule has 0 aliphatic rings. The van der Waals surface area contributed by atoms with Crippen LogP contribution < -0.4 is 10.1 Å². The molecule has 2 rings (SSSR count). The van der Waals surface area contributed by atoms with Crippen LogP contribution in [0.3, 0.4) is 0 Å². The average Bonchev–Trinajstić information content (AvgIpc) is 2.61. The molecule has 0 saturated heterocycles. The lowest BCUT2D eigenvalue weighted by Crippen LogP contribution is -2.42. The van der Waals surface area contributed by atoms with Crippen molar-refractivity contribution in [3.05, 3.63) is 54.6 Å². The average molecular weight is 340 g/mol. The number of ether oxygens (including phenoxy) is 1. The molecule has 1 N–H and O–H groups in total. The number of para-hydroxylation sites is 3. The van der Waals surface area contributed by atoms with Gasteiger partial charge in [-0.15, -0.1) is 0 Å². The summed E-state index contributed by atoms with van der Waals surface area (Å²) in [6.07, 6.45) is 0.792. The Labute approximate surface area is 148 Å². The van der Waals surface area contributed by atoms with E-state index < -0.39 is 0 Å². The Morgan fingerprint density at radius 2 is 1.72 bits per heavy atom. The summed E-state index contributed by atoms with van der Waals surface area (Å²) in [7, 11) is 0. The van der Waals surface area contributed by atoms with Crippen LogP contribution in [0.4, 0.5) is 5.69 Å². The van der Waals surface area contributed by atoms with Gasteiger partial charge in [-0.05, 0) is 37.6 Å². The molecule has 0 aromatic heterocycles. The fraction of sp³-hybridized carbons (Fsp3) is 0.300. The highest BCUT2D eigenvalue weighted by Crippen LogP contribution is 2.29. The van der Waals surface area contributed by atoms with Crippen molar-refractivity contribution in [1.82, 2.24) is 4.90 Å². The van der Waals surface area contributed by atoms with Crippen LogP contribution in [0.5, 0.6) is 11.5 Å². The molecule has 0 aliphatic carbocycles. The van der Waals surface area contributed by atoms with Crippen LogP contribution in [0.1, 0.15) is 27.2 Å². The lowest BCUT2D eigenvalue weighted by Gasteiger charge is -2.26. The van der Waals surface area contributed by atoms with Gasteiger partial charge in [0.15, 0.2) is 5.75 Å². The number of nitrogens with one attached hydrogen (secondary N) is 1. The molecule has 0 fully saturated rings. The number of hydrogen-bond acceptors (Lipinski definition) is 3. The molecule has 2 amide bonds. The molecule has 2 aromatic carbocycles. The SMILES string of the molecule is CCC(C)N(CC(=O)Nc1ccccc1Oc1ccccc1)C(C)=O. The van der Waals surface area contributed by atoms with Crippen LogP contribution in [0.15, 0.2) is 54.6 Å². The molecule has 0 saturated carbocycles. The summed E-state index contributed by atoms with van der Waals surface area (Å²) in [5.74, 6) is 0.882. The molecule has 25 heavy (non-hydrogen) atoms. The zero-order valence-electron chi connectivity index (χ0n) is 14.9. The topological polar surface area (TPSA) is 58.6 Å². The van der Waals surface area contributed by atoms with E-state index in [0.29, 0.717) is 17.2 Å². The van der Waals surface area contributed by atoms with Gasteiger partial charge in [0.25, 0.3) is 0 Å². The van der Waals surface area contributed by atoms with E-state index in [1.54, 1.807) is 17.0 Å². The Balaban J connectivity index is 2.09. The Morgan fingerprint density at radius 3 is 2.36 bits per heavy atom. The summed E-state index contributed by atoms with van der Waals surface area (Å²) in [5.41, 5.74) is 0.573. The van der Waals surface area contributed by atoms with Gasteiger partial charge in [0.2, 0.25) is 11.8 Å². The van der Waals surface area contributed by atoms with Crippen LogP contribution in [0, 0.1) is 0 Å². The molecular weight excluding hydrogens is 316 g/mol. The van der Waals surface area contributed by atoms with Crippen LogP contribution >= 0.6 is 0 Å². The molecule has 0 bridgehead atoms. The highest BCUT2D eigenvalue weighted by Gasteiger charge is 2.19. The molecular formula is C20H24N2O3. The van der Waals surface area contributed by atoms with Gasteiger partial charge in [0.1, 0.15) is 12.3 Å². The normalized spacial score (nSPS) is 11.5. The molecule has 1 unspecified atom stereocenters. The number of rotatable bonds is 7. The molecule has 1 atom stereocenters. The Kier molecular flexibility index (Phi) is 6.57. The third kappa shape index (κ3) is 5.35. The lowest BCUT2D eigenvalue weighted by molar-refractivity contribution is -0.134. The third-order valence-corrected chi connectivity index (χ3v) is 3.97. The number of nitrogens with zero attached hydrogens (tertiary/aromatic N) is 1. The monoisotopic (exact) mass is 340 g/mol. The van der Waals surface area contributed by atoms with E-state index >= 15 is 0 Å². The van der Waals surface area contributed by atoms with E-state index in [4.69, 9.17) is 4.74 Å². The van der Waals surface area contributed by atoms with Crippen molar-refractivity contribution in [2.45, 2.75) is 33.2 Å². The predicted molar refractivity (Wildman–Crippen MR) is 98.7 cm³/mol. The molecule has 2 aromatic rings. The van der Waals surface area contributed by atoms with Gasteiger partial charge < -0.3 is 15.0 Å². The van der Waals surface area contributed by atoms with Crippen molar-refractivity contribution < 1.29 is 14.3 Å². The number of carbonyl (C=O) groups is 2. The fourth-order valence-corrected chi connectivity index (χ4v) is 2.42. The van der Waals surface area contributed by atoms with E-state index in [1.165, 1.54) is 6.92 Å². The smallest absolute Gasteiger partial charge is 0.244 e. The van der Waals surface area contributed by atoms with Gasteiger partial charge in [-0.1, -0.05) is 37.3 Å². The fourth-order valence-electron chi connectivity index (χ4n) is 2.42. The second-order valence-electron chi connectivity index (χ2n) is 5.86. The number of benzene rings is 2. The summed E-state index contributed by atoms with van der Waals surface area (Å²) < 4.78 is 5.84. The molecule has 5 nitrogen and oxygen atoms in total. The molecule has 0 radical (unpaired) electrons. The summed E-state index contributed by atoms with van der Waals surface area (Å²) >= 11 is 0. The minimum absolute atomic E-state index is 0.0130. The predicted octanol–water partition coefficient (Wildman–Crippen LogP) is 4.06. The Hall–Kier alpha value is -2.82. The van der Waals surface area contributed by atoms with Crippen molar-refractivity contribution in [3.8, 4) is 11.5 Å². The molecule has 5 heteroatoms. The first kappa shape index (κ1) is 18.5. The van der Waals surface area contributed by atoms with Gasteiger partial charge in [0.05, 0.1) is 5.69 Å². The number of carbonyl (C=O) groups excluding carboxylic acids is 2. The van der Waals surface area contributed by atoms with E-state index in [0.717, 1.165) is 6.42 Å². The second kappa shape index (κ2) is 8.87. The van der Waals surface area contributed by atoms with Gasteiger partial charge in [-0.2, -0.15) is 0 Å². The number of hydrogen-bond donors (Lipinski definition) is 1. The number of anilines is 1. The van der Waals surface area contributed by atoms with E-state index in [9.17, 15) is 9.59 Å². The third-order valence-electron chi connectivity index (χ3n) is 3.97. The minimum atomic E-state index is -0.250. The zero-order valence-corrected chi connectivity index (χ0v) is 14.9. The maximum Gasteiger partial charge on any atom is 0.244 e. The van der Waals surface area contributed by atoms with Crippen LogP contribution in [0.25, 0.3) is 0 Å². The molecule has 0 aliphatic heterocycles. The Bertz CT molecular complexity index is 716. The first-order valence-electron chi connectivity index (χ1n) is 8.40. The summed E-state index contributed by atoms with van der Waals surface area (Å²) in [6.45, 7) is 5.42. The van der Waals surface area contributed by atoms with E-state index in [1.807, 2.05) is 56.3 Å². The van der Waals surface area contributed by atoms with Crippen molar-refractivity contribution >= 4 is 17.5 Å². The maximum atomic E-state index is 12.4. The van der Waals surface area contributed by atoms with Gasteiger partial charge in [-0.25, -0.2) is 0 Å². The van der Waals surface area contributed by atoms with Gasteiger partial charge >= 0.3 is 0 Å². The van der Waals surface area contributed by atoms with Crippen LogP contribution in [-0.4, -0.2) is 29.3 Å². The minimum Gasteiger partial charge on any atom is -0.455 e. The maximum absolute atomic E-state index is 12.4. The van der Waals surface area contributed by atoms with Crippen LogP contribution in [-0.2, 0) is 9.59 Å². The van der Waals surface area contributed by atoms with Crippen LogP contribution in [0.2, 0.25) is 0 Å².